The highest BCUT2D eigenvalue weighted by Crippen LogP contribution is 2.46. The fraction of sp³-hybridized carbons (Fsp3) is 0.0185. The van der Waals surface area contributed by atoms with E-state index in [0.717, 1.165) is 16.3 Å². The number of fused-ring (bicyclic) bond motifs is 6. The number of para-hydroxylation sites is 2. The van der Waals surface area contributed by atoms with E-state index in [1.165, 1.54) is 18.2 Å². The minimum atomic E-state index is -4.85. The average molecular weight is 830 g/mol. The molecule has 0 aliphatic rings. The van der Waals surface area contributed by atoms with Crippen LogP contribution in [-0.4, -0.2) is 9.13 Å². The second-order valence-corrected chi connectivity index (χ2v) is 15.3. The topological polar surface area (TPSA) is 129 Å². The van der Waals surface area contributed by atoms with E-state index in [4.69, 9.17) is 0 Å². The van der Waals surface area contributed by atoms with Gasteiger partial charge in [-0.2, -0.15) is 39.5 Å². The summed E-state index contributed by atoms with van der Waals surface area (Å²) in [7, 11) is 0. The molecule has 0 N–H and O–H groups in total. The molecule has 0 bridgehead atoms. The van der Waals surface area contributed by atoms with Crippen LogP contribution in [0.1, 0.15) is 33.4 Å². The van der Waals surface area contributed by atoms with Gasteiger partial charge in [-0.05, 0) is 125 Å². The summed E-state index contributed by atoms with van der Waals surface area (Å²) in [5.74, 6) is 0. The predicted molar refractivity (Wildman–Crippen MR) is 240 cm³/mol. The van der Waals surface area contributed by atoms with Gasteiger partial charge in [0.2, 0.25) is 0 Å². The third-order valence-corrected chi connectivity index (χ3v) is 11.6. The third-order valence-electron chi connectivity index (χ3n) is 11.6. The molecule has 10 aromatic rings. The molecule has 2 aromatic heterocycles. The summed E-state index contributed by atoms with van der Waals surface area (Å²) in [4.78, 5) is 0. The van der Waals surface area contributed by atoms with E-state index in [9.17, 15) is 26.3 Å². The Morgan fingerprint density at radius 1 is 0.344 bits per heavy atom. The zero-order valence-electron chi connectivity index (χ0n) is 33.3. The van der Waals surface area contributed by atoms with Crippen molar-refractivity contribution in [2.24, 2.45) is 0 Å². The lowest BCUT2D eigenvalue weighted by atomic mass is 9.97. The van der Waals surface area contributed by atoms with Crippen LogP contribution in [0.2, 0.25) is 0 Å². The van der Waals surface area contributed by atoms with E-state index < -0.39 is 11.7 Å². The van der Waals surface area contributed by atoms with Crippen molar-refractivity contribution in [3.63, 3.8) is 0 Å². The number of nitrogens with zero attached hydrogens (tertiary/aromatic N) is 7. The Bertz CT molecular complexity index is 3790. The highest BCUT2D eigenvalue weighted by Gasteiger charge is 2.37. The number of benzene rings is 8. The van der Waals surface area contributed by atoms with Crippen LogP contribution in [-0.2, 0) is 6.18 Å². The van der Waals surface area contributed by atoms with Gasteiger partial charge < -0.3 is 9.13 Å². The first kappa shape index (κ1) is 38.8. The fourth-order valence-electron chi connectivity index (χ4n) is 8.83. The lowest BCUT2D eigenvalue weighted by Gasteiger charge is -2.22. The maximum Gasteiger partial charge on any atom is 0.418 e. The molecule has 0 saturated carbocycles. The van der Waals surface area contributed by atoms with Crippen LogP contribution >= 0.6 is 0 Å². The predicted octanol–water partition coefficient (Wildman–Crippen LogP) is 13.3. The Hall–Kier alpha value is -9.40. The molecule has 0 radical (unpaired) electrons. The molecule has 7 nitrogen and oxygen atoms in total. The second kappa shape index (κ2) is 14.9. The van der Waals surface area contributed by atoms with Crippen LogP contribution in [0, 0.1) is 56.7 Å². The number of alkyl halides is 3. The molecule has 298 valence electrons. The number of aromatic nitrogens is 2. The zero-order chi connectivity index (χ0) is 44.3. The molecule has 0 aliphatic heterocycles. The van der Waals surface area contributed by atoms with Gasteiger partial charge in [0.25, 0.3) is 0 Å². The van der Waals surface area contributed by atoms with Crippen LogP contribution in [0.15, 0.2) is 158 Å². The van der Waals surface area contributed by atoms with Crippen molar-refractivity contribution < 1.29 is 13.2 Å². The number of hydrogen-bond acceptors (Lipinski definition) is 5. The Balaban J connectivity index is 1.28. The highest BCUT2D eigenvalue weighted by atomic mass is 19.4. The monoisotopic (exact) mass is 829 g/mol. The molecule has 8 aromatic carbocycles. The molecule has 10 heteroatoms. The molecule has 0 amide bonds. The van der Waals surface area contributed by atoms with Gasteiger partial charge in [0, 0.05) is 27.1 Å². The molecule has 0 unspecified atom stereocenters. The molecule has 2 heterocycles. The van der Waals surface area contributed by atoms with E-state index >= 15 is 13.2 Å². The van der Waals surface area contributed by atoms with E-state index in [1.807, 2.05) is 65.2 Å². The summed E-state index contributed by atoms with van der Waals surface area (Å²) in [6.45, 7) is 0. The largest absolute Gasteiger partial charge is 0.418 e. The first-order valence-electron chi connectivity index (χ1n) is 19.8. The number of rotatable bonds is 5. The molecule has 0 atom stereocenters. The van der Waals surface area contributed by atoms with Crippen molar-refractivity contribution in [2.75, 3.05) is 0 Å². The van der Waals surface area contributed by atoms with E-state index in [0.29, 0.717) is 88.5 Å². The van der Waals surface area contributed by atoms with Gasteiger partial charge in [0.15, 0.2) is 0 Å². The number of halogens is 3. The quantitative estimate of drug-likeness (QED) is 0.171. The molecule has 10 rings (SSSR count). The van der Waals surface area contributed by atoms with E-state index in [-0.39, 0.29) is 11.4 Å². The maximum absolute atomic E-state index is 16.0. The lowest BCUT2D eigenvalue weighted by Crippen LogP contribution is -2.13. The van der Waals surface area contributed by atoms with Crippen molar-refractivity contribution >= 4 is 43.6 Å². The summed E-state index contributed by atoms with van der Waals surface area (Å²) < 4.78 is 51.3. The van der Waals surface area contributed by atoms with Crippen molar-refractivity contribution in [3.05, 3.63) is 191 Å². The van der Waals surface area contributed by atoms with Crippen molar-refractivity contribution in [1.82, 2.24) is 9.13 Å². The number of hydrogen-bond donors (Lipinski definition) is 0. The van der Waals surface area contributed by atoms with Crippen LogP contribution in [0.4, 0.5) is 13.2 Å². The Morgan fingerprint density at radius 2 is 0.781 bits per heavy atom. The summed E-state index contributed by atoms with van der Waals surface area (Å²) >= 11 is 0. The van der Waals surface area contributed by atoms with Gasteiger partial charge in [-0.1, -0.05) is 60.7 Å². The van der Waals surface area contributed by atoms with Gasteiger partial charge in [-0.25, -0.2) is 0 Å². The fourth-order valence-corrected chi connectivity index (χ4v) is 8.83. The minimum absolute atomic E-state index is 0.125. The van der Waals surface area contributed by atoms with Gasteiger partial charge in [-0.3, -0.25) is 0 Å². The van der Waals surface area contributed by atoms with E-state index in [1.54, 1.807) is 83.4 Å². The first-order valence-corrected chi connectivity index (χ1v) is 19.8. The molecule has 0 spiro atoms. The minimum Gasteiger partial charge on any atom is -0.309 e. The molecular formula is C54H26F3N7. The maximum atomic E-state index is 16.0. The summed E-state index contributed by atoms with van der Waals surface area (Å²) in [5.41, 5.74) is 6.72. The smallest absolute Gasteiger partial charge is 0.309 e. The average Bonchev–Trinajstić information content (AvgIpc) is 3.84. The van der Waals surface area contributed by atoms with Crippen LogP contribution in [0.3, 0.4) is 0 Å². The highest BCUT2D eigenvalue weighted by molar-refractivity contribution is 6.12. The standard InChI is InChI=1S/C54H26F3N7/c55-54(56,57)47-26-52(63-48-10-3-1-8-42(48)45-23-37(12-14-50(45)63)40-19-33(28-59)16-34(20-40)29-60)44(39-7-5-6-32(18-39)27-58)25-53(47)64-49-11-4-2-9-43(49)46-24-38(13-15-51(46)64)41-21-35(30-61)17-36(22-41)31-62/h1-26H. The summed E-state index contributed by atoms with van der Waals surface area (Å²) in [6.07, 6.45) is -4.85. The zero-order valence-corrected chi connectivity index (χ0v) is 33.3. The van der Waals surface area contributed by atoms with Crippen LogP contribution in [0.5, 0.6) is 0 Å². The van der Waals surface area contributed by atoms with Gasteiger partial charge >= 0.3 is 6.18 Å². The van der Waals surface area contributed by atoms with Gasteiger partial charge in [0.05, 0.1) is 97.2 Å². The molecule has 64 heavy (non-hydrogen) atoms. The Morgan fingerprint density at radius 3 is 1.25 bits per heavy atom. The van der Waals surface area contributed by atoms with Crippen LogP contribution in [0.25, 0.3) is 88.4 Å². The SMILES string of the molecule is N#Cc1cc(C#N)cc(-c2ccc3c(c2)c2ccccc2n3-c2cc(C(F)(F)F)c(-n3c4ccccc4c4cc(-c5cc(C#N)cc(C#N)c5)ccc43)cc2-c2cccc(C#N)c2)c1. The molecule has 0 fully saturated rings. The first-order chi connectivity index (χ1) is 31.1. The summed E-state index contributed by atoms with van der Waals surface area (Å²) in [6, 6.07) is 55.6. The molecule has 0 aliphatic carbocycles. The Kier molecular flexibility index (Phi) is 9.06. The normalized spacial score (nSPS) is 11.3. The molecular weight excluding hydrogens is 804 g/mol. The third kappa shape index (κ3) is 6.34. The van der Waals surface area contributed by atoms with Crippen molar-refractivity contribution in [3.8, 4) is 75.1 Å². The molecule has 0 saturated heterocycles. The van der Waals surface area contributed by atoms with E-state index in [2.05, 4.69) is 30.3 Å². The lowest BCUT2D eigenvalue weighted by molar-refractivity contribution is -0.137. The van der Waals surface area contributed by atoms with Crippen molar-refractivity contribution in [2.45, 2.75) is 6.18 Å². The second-order valence-electron chi connectivity index (χ2n) is 15.3. The summed E-state index contributed by atoms with van der Waals surface area (Å²) in [5, 5.41) is 51.6. The number of nitriles is 5. The van der Waals surface area contributed by atoms with Gasteiger partial charge in [0.1, 0.15) is 0 Å². The van der Waals surface area contributed by atoms with Crippen LogP contribution < -0.4 is 0 Å². The Labute approximate surface area is 363 Å². The van der Waals surface area contributed by atoms with Gasteiger partial charge in [-0.15, -0.1) is 0 Å². The van der Waals surface area contributed by atoms with Crippen molar-refractivity contribution in [1.29, 1.82) is 26.3 Å².